The molecular weight excluding hydrogens is 280 g/mol. The number of nitrogens with one attached hydrogen (secondary N) is 1. The minimum Gasteiger partial charge on any atom is -0.486 e. The van der Waals surface area contributed by atoms with Crippen molar-refractivity contribution >= 4 is 0 Å². The maximum absolute atomic E-state index is 12.0. The van der Waals surface area contributed by atoms with E-state index in [4.69, 9.17) is 14.2 Å². The van der Waals surface area contributed by atoms with Crippen LogP contribution in [-0.2, 0) is 4.74 Å². The molecule has 1 atom stereocenters. The van der Waals surface area contributed by atoms with Gasteiger partial charge in [0.05, 0.1) is 0 Å². The van der Waals surface area contributed by atoms with Crippen LogP contribution in [0.25, 0.3) is 0 Å². The van der Waals surface area contributed by atoms with Gasteiger partial charge in [0.1, 0.15) is 19.8 Å². The first-order chi connectivity index (χ1) is 10.2. The standard InChI is InChI=1S/C15H21F2NO3/c1-2-18-12(5-6-19-10-15(16)17)11-3-4-13-14(9-11)21-8-7-20-13/h3-4,9,12,15,18H,2,5-8,10H2,1H3. The van der Waals surface area contributed by atoms with E-state index in [0.717, 1.165) is 23.6 Å². The Morgan fingerprint density at radius 2 is 2.00 bits per heavy atom. The summed E-state index contributed by atoms with van der Waals surface area (Å²) < 4.78 is 40.1. The molecule has 6 heteroatoms. The van der Waals surface area contributed by atoms with Gasteiger partial charge in [-0.15, -0.1) is 0 Å². The summed E-state index contributed by atoms with van der Waals surface area (Å²) in [6.45, 7) is 3.67. The largest absolute Gasteiger partial charge is 0.486 e. The highest BCUT2D eigenvalue weighted by Crippen LogP contribution is 2.33. The van der Waals surface area contributed by atoms with Crippen molar-refractivity contribution in [2.45, 2.75) is 25.8 Å². The Labute approximate surface area is 123 Å². The lowest BCUT2D eigenvalue weighted by Gasteiger charge is -2.22. The molecule has 1 heterocycles. The van der Waals surface area contributed by atoms with Crippen molar-refractivity contribution in [3.05, 3.63) is 23.8 Å². The monoisotopic (exact) mass is 301 g/mol. The van der Waals surface area contributed by atoms with Crippen LogP contribution in [0.2, 0.25) is 0 Å². The molecule has 0 saturated carbocycles. The smallest absolute Gasteiger partial charge is 0.261 e. The van der Waals surface area contributed by atoms with E-state index in [9.17, 15) is 8.78 Å². The maximum Gasteiger partial charge on any atom is 0.261 e. The van der Waals surface area contributed by atoms with Crippen LogP contribution in [0.15, 0.2) is 18.2 Å². The number of hydrogen-bond acceptors (Lipinski definition) is 4. The topological polar surface area (TPSA) is 39.7 Å². The normalized spacial score (nSPS) is 15.2. The zero-order valence-electron chi connectivity index (χ0n) is 12.1. The minimum atomic E-state index is -2.42. The second kappa shape index (κ2) is 8.14. The molecule has 0 radical (unpaired) electrons. The fourth-order valence-corrected chi connectivity index (χ4v) is 2.28. The quantitative estimate of drug-likeness (QED) is 0.750. The van der Waals surface area contributed by atoms with E-state index in [1.54, 1.807) is 0 Å². The Kier molecular flexibility index (Phi) is 6.20. The lowest BCUT2D eigenvalue weighted by molar-refractivity contribution is 0.0144. The van der Waals surface area contributed by atoms with Gasteiger partial charge < -0.3 is 19.5 Å². The molecule has 0 spiro atoms. The molecule has 118 valence electrons. The number of alkyl halides is 2. The van der Waals surface area contributed by atoms with Crippen molar-refractivity contribution in [2.75, 3.05) is 33.0 Å². The third kappa shape index (κ3) is 4.82. The molecule has 0 amide bonds. The lowest BCUT2D eigenvalue weighted by atomic mass is 10.0. The molecule has 0 bridgehead atoms. The van der Waals surface area contributed by atoms with Gasteiger partial charge in [-0.25, -0.2) is 8.78 Å². The van der Waals surface area contributed by atoms with Crippen LogP contribution >= 0.6 is 0 Å². The second-order valence-electron chi connectivity index (χ2n) is 4.77. The molecule has 0 fully saturated rings. The van der Waals surface area contributed by atoms with Crippen LogP contribution in [0.4, 0.5) is 8.78 Å². The van der Waals surface area contributed by atoms with Crippen molar-refractivity contribution in [3.63, 3.8) is 0 Å². The van der Waals surface area contributed by atoms with Gasteiger partial charge in [0.25, 0.3) is 6.43 Å². The fourth-order valence-electron chi connectivity index (χ4n) is 2.28. The summed E-state index contributed by atoms with van der Waals surface area (Å²) in [7, 11) is 0. The van der Waals surface area contributed by atoms with E-state index in [-0.39, 0.29) is 12.6 Å². The SMILES string of the molecule is CCNC(CCOCC(F)F)c1ccc2c(c1)OCCO2. The van der Waals surface area contributed by atoms with E-state index < -0.39 is 13.0 Å². The number of fused-ring (bicyclic) bond motifs is 1. The molecule has 2 rings (SSSR count). The molecule has 1 unspecified atom stereocenters. The molecular formula is C15H21F2NO3. The van der Waals surface area contributed by atoms with Gasteiger partial charge in [-0.3, -0.25) is 0 Å². The number of rotatable bonds is 8. The Bertz CT molecular complexity index is 443. The molecule has 4 nitrogen and oxygen atoms in total. The molecule has 1 aromatic carbocycles. The molecule has 1 aromatic rings. The average Bonchev–Trinajstić information content (AvgIpc) is 2.49. The molecule has 21 heavy (non-hydrogen) atoms. The Morgan fingerprint density at radius 3 is 2.71 bits per heavy atom. The van der Waals surface area contributed by atoms with Gasteiger partial charge in [0.2, 0.25) is 0 Å². The number of benzene rings is 1. The molecule has 1 aliphatic heterocycles. The number of halogens is 2. The lowest BCUT2D eigenvalue weighted by Crippen LogP contribution is -2.23. The Morgan fingerprint density at radius 1 is 1.24 bits per heavy atom. The summed E-state index contributed by atoms with van der Waals surface area (Å²) in [6.07, 6.45) is -1.79. The summed E-state index contributed by atoms with van der Waals surface area (Å²) in [5.41, 5.74) is 1.04. The summed E-state index contributed by atoms with van der Waals surface area (Å²) in [6, 6.07) is 5.83. The van der Waals surface area contributed by atoms with Crippen molar-refractivity contribution in [3.8, 4) is 11.5 Å². The molecule has 0 saturated heterocycles. The highest BCUT2D eigenvalue weighted by atomic mass is 19.3. The molecule has 0 aromatic heterocycles. The van der Waals surface area contributed by atoms with Crippen LogP contribution < -0.4 is 14.8 Å². The van der Waals surface area contributed by atoms with Crippen LogP contribution in [-0.4, -0.2) is 39.4 Å². The minimum absolute atomic E-state index is 0.0449. The first-order valence-corrected chi connectivity index (χ1v) is 7.19. The van der Waals surface area contributed by atoms with Crippen LogP contribution in [0.5, 0.6) is 11.5 Å². The zero-order chi connectivity index (χ0) is 15.1. The van der Waals surface area contributed by atoms with E-state index >= 15 is 0 Å². The summed E-state index contributed by atoms with van der Waals surface area (Å²) in [4.78, 5) is 0. The Hall–Kier alpha value is -1.40. The van der Waals surface area contributed by atoms with Crippen LogP contribution in [0, 0.1) is 0 Å². The summed E-state index contributed by atoms with van der Waals surface area (Å²) >= 11 is 0. The van der Waals surface area contributed by atoms with Crippen molar-refractivity contribution < 1.29 is 23.0 Å². The summed E-state index contributed by atoms with van der Waals surface area (Å²) in [5, 5.41) is 3.33. The number of hydrogen-bond donors (Lipinski definition) is 1. The highest BCUT2D eigenvalue weighted by molar-refractivity contribution is 5.44. The van der Waals surface area contributed by atoms with E-state index in [1.807, 2.05) is 25.1 Å². The van der Waals surface area contributed by atoms with Crippen molar-refractivity contribution in [1.29, 1.82) is 0 Å². The third-order valence-corrected chi connectivity index (χ3v) is 3.21. The molecule has 0 aliphatic carbocycles. The predicted octanol–water partition coefficient (Wildman–Crippen LogP) is 2.78. The second-order valence-corrected chi connectivity index (χ2v) is 4.77. The zero-order valence-corrected chi connectivity index (χ0v) is 12.1. The average molecular weight is 301 g/mol. The molecule has 1 N–H and O–H groups in total. The van der Waals surface area contributed by atoms with Gasteiger partial charge in [0, 0.05) is 12.6 Å². The fraction of sp³-hybridized carbons (Fsp3) is 0.600. The Balaban J connectivity index is 1.96. The first-order valence-electron chi connectivity index (χ1n) is 7.19. The highest BCUT2D eigenvalue weighted by Gasteiger charge is 2.16. The van der Waals surface area contributed by atoms with Gasteiger partial charge in [-0.2, -0.15) is 0 Å². The predicted molar refractivity (Wildman–Crippen MR) is 75.3 cm³/mol. The van der Waals surface area contributed by atoms with E-state index in [0.29, 0.717) is 19.6 Å². The van der Waals surface area contributed by atoms with Gasteiger partial charge in [-0.05, 0) is 30.7 Å². The van der Waals surface area contributed by atoms with Gasteiger partial charge in [0.15, 0.2) is 11.5 Å². The maximum atomic E-state index is 12.0. The van der Waals surface area contributed by atoms with E-state index in [1.165, 1.54) is 0 Å². The first kappa shape index (κ1) is 16.0. The van der Waals surface area contributed by atoms with Gasteiger partial charge in [-0.1, -0.05) is 13.0 Å². The number of ether oxygens (including phenoxy) is 3. The van der Waals surface area contributed by atoms with Crippen molar-refractivity contribution in [1.82, 2.24) is 5.32 Å². The van der Waals surface area contributed by atoms with E-state index in [2.05, 4.69) is 5.32 Å². The van der Waals surface area contributed by atoms with Crippen LogP contribution in [0.3, 0.4) is 0 Å². The third-order valence-electron chi connectivity index (χ3n) is 3.21. The van der Waals surface area contributed by atoms with Crippen molar-refractivity contribution in [2.24, 2.45) is 0 Å². The summed E-state index contributed by atoms with van der Waals surface area (Å²) in [5.74, 6) is 1.48. The molecule has 1 aliphatic rings. The van der Waals surface area contributed by atoms with Crippen LogP contribution in [0.1, 0.15) is 24.9 Å². The van der Waals surface area contributed by atoms with Gasteiger partial charge >= 0.3 is 0 Å².